The second kappa shape index (κ2) is 7.76. The molecular formula is C22H24N2O3. The molecule has 5 heteroatoms. The third kappa shape index (κ3) is 3.93. The topological polar surface area (TPSA) is 64.3 Å². The molecule has 0 amide bonds. The van der Waals surface area contributed by atoms with E-state index in [0.29, 0.717) is 5.69 Å². The zero-order valence-electron chi connectivity index (χ0n) is 15.8. The van der Waals surface area contributed by atoms with Gasteiger partial charge in [-0.2, -0.15) is 0 Å². The lowest BCUT2D eigenvalue weighted by Crippen LogP contribution is -2.34. The Morgan fingerprint density at radius 3 is 2.26 bits per heavy atom. The molecule has 0 radical (unpaired) electrons. The van der Waals surface area contributed by atoms with Crippen molar-refractivity contribution in [2.24, 2.45) is 0 Å². The Morgan fingerprint density at radius 1 is 1.11 bits per heavy atom. The van der Waals surface area contributed by atoms with E-state index >= 15 is 0 Å². The normalized spacial score (nSPS) is 12.6. The van der Waals surface area contributed by atoms with E-state index in [-0.39, 0.29) is 12.3 Å². The van der Waals surface area contributed by atoms with E-state index in [2.05, 4.69) is 4.98 Å². The molecular weight excluding hydrogens is 340 g/mol. The van der Waals surface area contributed by atoms with Gasteiger partial charge in [-0.15, -0.1) is 0 Å². The zero-order chi connectivity index (χ0) is 19.4. The highest BCUT2D eigenvalue weighted by Gasteiger charge is 2.34. The Morgan fingerprint density at radius 2 is 1.70 bits per heavy atom. The van der Waals surface area contributed by atoms with Crippen LogP contribution in [-0.4, -0.2) is 32.8 Å². The van der Waals surface area contributed by atoms with E-state index in [1.165, 1.54) is 0 Å². The first-order chi connectivity index (χ1) is 12.9. The van der Waals surface area contributed by atoms with Crippen LogP contribution in [0.2, 0.25) is 0 Å². The number of nitrogens with zero attached hydrogens (tertiary/aromatic N) is 2. The molecule has 5 nitrogen and oxygen atoms in total. The molecule has 0 aliphatic carbocycles. The van der Waals surface area contributed by atoms with Gasteiger partial charge in [0.25, 0.3) is 0 Å². The molecule has 0 saturated heterocycles. The van der Waals surface area contributed by atoms with Crippen molar-refractivity contribution in [1.29, 1.82) is 0 Å². The lowest BCUT2D eigenvalue weighted by atomic mass is 9.91. The highest BCUT2D eigenvalue weighted by atomic mass is 16.5. The van der Waals surface area contributed by atoms with Crippen LogP contribution in [0.5, 0.6) is 0 Å². The minimum atomic E-state index is -1.09. The molecule has 0 saturated carbocycles. The van der Waals surface area contributed by atoms with E-state index < -0.39 is 17.6 Å². The minimum absolute atomic E-state index is 0.244. The number of imidazole rings is 1. The van der Waals surface area contributed by atoms with Crippen molar-refractivity contribution in [3.8, 4) is 11.3 Å². The van der Waals surface area contributed by atoms with Crippen LogP contribution in [0.15, 0.2) is 67.0 Å². The molecule has 3 aromatic rings. The maximum atomic E-state index is 12.5. The summed E-state index contributed by atoms with van der Waals surface area (Å²) in [4.78, 5) is 16.8. The summed E-state index contributed by atoms with van der Waals surface area (Å²) in [7, 11) is 0. The third-order valence-electron chi connectivity index (χ3n) is 4.37. The number of esters is 1. The zero-order valence-corrected chi connectivity index (χ0v) is 15.8. The number of hydrogen-bond acceptors (Lipinski definition) is 4. The number of rotatable bonds is 6. The molecule has 0 spiro atoms. The fraction of sp³-hybridized carbons (Fsp3) is 0.273. The number of hydrogen-bond donors (Lipinski definition) is 1. The Hall–Kier alpha value is -2.92. The van der Waals surface area contributed by atoms with Gasteiger partial charge in [-0.25, -0.2) is 9.78 Å². The van der Waals surface area contributed by atoms with Gasteiger partial charge < -0.3 is 14.4 Å². The average Bonchev–Trinajstić information content (AvgIpc) is 3.07. The molecule has 0 aliphatic rings. The lowest BCUT2D eigenvalue weighted by Gasteiger charge is -2.32. The fourth-order valence-corrected chi connectivity index (χ4v) is 3.33. The van der Waals surface area contributed by atoms with Gasteiger partial charge in [0.15, 0.2) is 5.69 Å². The lowest BCUT2D eigenvalue weighted by molar-refractivity contribution is 0.0392. The van der Waals surface area contributed by atoms with Gasteiger partial charge >= 0.3 is 5.97 Å². The monoisotopic (exact) mass is 364 g/mol. The molecule has 1 aromatic heterocycles. The SMILES string of the molecule is CCOC(=O)c1ncn([C@@H](c2ccccc2)C(C)(C)O)c1-c1ccccc1. The van der Waals surface area contributed by atoms with Crippen LogP contribution in [0.1, 0.15) is 42.9 Å². The molecule has 3 rings (SSSR count). The molecule has 2 aromatic carbocycles. The Labute approximate surface area is 159 Å². The average molecular weight is 364 g/mol. The van der Waals surface area contributed by atoms with E-state index in [1.807, 2.05) is 65.2 Å². The first-order valence-corrected chi connectivity index (χ1v) is 9.00. The molecule has 0 fully saturated rings. The maximum Gasteiger partial charge on any atom is 0.359 e. The Kier molecular flexibility index (Phi) is 5.42. The largest absolute Gasteiger partial charge is 0.461 e. The van der Waals surface area contributed by atoms with Gasteiger partial charge in [-0.3, -0.25) is 0 Å². The number of aromatic nitrogens is 2. The van der Waals surface area contributed by atoms with Crippen molar-refractivity contribution < 1.29 is 14.6 Å². The second-order valence-corrected chi connectivity index (χ2v) is 6.90. The minimum Gasteiger partial charge on any atom is -0.461 e. The van der Waals surface area contributed by atoms with Gasteiger partial charge in [-0.05, 0) is 26.3 Å². The summed E-state index contributed by atoms with van der Waals surface area (Å²) in [5, 5.41) is 10.9. The van der Waals surface area contributed by atoms with Crippen molar-refractivity contribution in [2.45, 2.75) is 32.4 Å². The maximum absolute atomic E-state index is 12.5. The highest BCUT2D eigenvalue weighted by molar-refractivity contribution is 5.94. The van der Waals surface area contributed by atoms with Crippen LogP contribution in [0.3, 0.4) is 0 Å². The van der Waals surface area contributed by atoms with E-state index in [1.54, 1.807) is 27.1 Å². The predicted octanol–water partition coefficient (Wildman–Crippen LogP) is 4.09. The van der Waals surface area contributed by atoms with Gasteiger partial charge in [0, 0.05) is 5.56 Å². The molecule has 0 bridgehead atoms. The summed E-state index contributed by atoms with van der Waals surface area (Å²) in [6, 6.07) is 18.9. The molecule has 0 unspecified atom stereocenters. The standard InChI is InChI=1S/C22H24N2O3/c1-4-27-21(25)18-19(16-11-7-5-8-12-16)24(15-23-18)20(22(2,3)26)17-13-9-6-10-14-17/h5-15,20,26H,4H2,1-3H3/t20-/m0/s1. The number of aliphatic hydroxyl groups is 1. The van der Waals surface area contributed by atoms with E-state index in [0.717, 1.165) is 11.1 Å². The van der Waals surface area contributed by atoms with Crippen LogP contribution < -0.4 is 0 Å². The van der Waals surface area contributed by atoms with E-state index in [4.69, 9.17) is 4.74 Å². The smallest absolute Gasteiger partial charge is 0.359 e. The van der Waals surface area contributed by atoms with Gasteiger partial charge in [0.2, 0.25) is 0 Å². The Balaban J connectivity index is 2.24. The van der Waals surface area contributed by atoms with Crippen molar-refractivity contribution in [3.63, 3.8) is 0 Å². The summed E-state index contributed by atoms with van der Waals surface area (Å²) in [5.74, 6) is -0.474. The fourth-order valence-electron chi connectivity index (χ4n) is 3.33. The number of ether oxygens (including phenoxy) is 1. The molecule has 1 atom stereocenters. The third-order valence-corrected chi connectivity index (χ3v) is 4.37. The summed E-state index contributed by atoms with van der Waals surface area (Å²) in [6.07, 6.45) is 1.60. The molecule has 0 aliphatic heterocycles. The number of carbonyl (C=O) groups is 1. The summed E-state index contributed by atoms with van der Waals surface area (Å²) in [6.45, 7) is 5.54. The summed E-state index contributed by atoms with van der Waals surface area (Å²) in [5.41, 5.74) is 1.55. The second-order valence-electron chi connectivity index (χ2n) is 6.90. The van der Waals surface area contributed by atoms with Gasteiger partial charge in [0.05, 0.1) is 30.3 Å². The molecule has 1 heterocycles. The molecule has 1 N–H and O–H groups in total. The summed E-state index contributed by atoms with van der Waals surface area (Å²) >= 11 is 0. The highest BCUT2D eigenvalue weighted by Crippen LogP contribution is 2.35. The van der Waals surface area contributed by atoms with Crippen LogP contribution in [0.4, 0.5) is 0 Å². The first kappa shape index (κ1) is 18.9. The Bertz CT molecular complexity index is 896. The van der Waals surface area contributed by atoms with Gasteiger partial charge in [0.1, 0.15) is 0 Å². The van der Waals surface area contributed by atoms with Crippen molar-refractivity contribution in [1.82, 2.24) is 9.55 Å². The molecule has 140 valence electrons. The summed E-state index contributed by atoms with van der Waals surface area (Å²) < 4.78 is 7.06. The van der Waals surface area contributed by atoms with Gasteiger partial charge in [-0.1, -0.05) is 60.7 Å². The van der Waals surface area contributed by atoms with Crippen molar-refractivity contribution in [2.75, 3.05) is 6.61 Å². The quantitative estimate of drug-likeness (QED) is 0.669. The van der Waals surface area contributed by atoms with Crippen LogP contribution in [-0.2, 0) is 4.74 Å². The van der Waals surface area contributed by atoms with Crippen molar-refractivity contribution in [3.05, 3.63) is 78.2 Å². The van der Waals surface area contributed by atoms with Crippen LogP contribution >= 0.6 is 0 Å². The van der Waals surface area contributed by atoms with E-state index in [9.17, 15) is 9.90 Å². The number of benzene rings is 2. The predicted molar refractivity (Wildman–Crippen MR) is 104 cm³/mol. The van der Waals surface area contributed by atoms with Crippen LogP contribution in [0.25, 0.3) is 11.3 Å². The number of carbonyl (C=O) groups excluding carboxylic acids is 1. The van der Waals surface area contributed by atoms with Crippen molar-refractivity contribution >= 4 is 5.97 Å². The first-order valence-electron chi connectivity index (χ1n) is 9.00. The van der Waals surface area contributed by atoms with Crippen LogP contribution in [0, 0.1) is 0 Å². The molecule has 27 heavy (non-hydrogen) atoms.